The number of anilines is 1. The molecule has 2 aromatic heterocycles. The number of fused-ring (bicyclic) bond motifs is 1. The van der Waals surface area contributed by atoms with Gasteiger partial charge in [0.2, 0.25) is 5.91 Å². The molecule has 2 heterocycles. The number of hydrogen-bond acceptors (Lipinski definition) is 6. The third-order valence-corrected chi connectivity index (χ3v) is 6.48. The lowest BCUT2D eigenvalue weighted by Gasteiger charge is -2.15. The number of para-hydroxylation sites is 1. The summed E-state index contributed by atoms with van der Waals surface area (Å²) in [6, 6.07) is 19.0. The van der Waals surface area contributed by atoms with Crippen molar-refractivity contribution in [1.29, 1.82) is 0 Å². The Kier molecular flexibility index (Phi) is 6.59. The first-order valence-corrected chi connectivity index (χ1v) is 12.0. The van der Waals surface area contributed by atoms with E-state index in [1.807, 2.05) is 47.2 Å². The molecule has 0 saturated heterocycles. The Balaban J connectivity index is 1.54. The fraction of sp³-hybridized carbons (Fsp3) is 0.115. The minimum atomic E-state index is -0.368. The molecular weight excluding hydrogens is 481 g/mol. The second-order valence-corrected chi connectivity index (χ2v) is 8.71. The van der Waals surface area contributed by atoms with Gasteiger partial charge in [0.25, 0.3) is 0 Å². The quantitative estimate of drug-likeness (QED) is 0.279. The molecule has 0 fully saturated rings. The van der Waals surface area contributed by atoms with E-state index in [0.29, 0.717) is 33.9 Å². The van der Waals surface area contributed by atoms with Crippen LogP contribution in [0.15, 0.2) is 78.1 Å². The first kappa shape index (κ1) is 23.4. The third-order valence-electron chi connectivity index (χ3n) is 5.55. The minimum absolute atomic E-state index is 0.0652. The van der Waals surface area contributed by atoms with Crippen molar-refractivity contribution >= 4 is 34.3 Å². The number of carbonyl (C=O) groups excluding carboxylic acids is 1. The number of thioether (sulfide) groups is 1. The molecule has 0 radical (unpaired) electrons. The largest absolute Gasteiger partial charge is 0.497 e. The zero-order chi connectivity index (χ0) is 25.1. The van der Waals surface area contributed by atoms with Crippen LogP contribution in [0.4, 0.5) is 10.1 Å². The molecule has 0 aliphatic rings. The van der Waals surface area contributed by atoms with Gasteiger partial charge in [-0.2, -0.15) is 0 Å². The predicted molar refractivity (Wildman–Crippen MR) is 138 cm³/mol. The van der Waals surface area contributed by atoms with Crippen LogP contribution in [0.3, 0.4) is 0 Å². The van der Waals surface area contributed by atoms with Crippen LogP contribution >= 0.6 is 11.8 Å². The summed E-state index contributed by atoms with van der Waals surface area (Å²) in [5, 5.41) is 13.1. The van der Waals surface area contributed by atoms with Gasteiger partial charge in [-0.3, -0.25) is 9.36 Å². The van der Waals surface area contributed by atoms with Crippen LogP contribution in [0, 0.1) is 5.82 Å². The monoisotopic (exact) mass is 503 g/mol. The van der Waals surface area contributed by atoms with E-state index in [9.17, 15) is 9.18 Å². The summed E-state index contributed by atoms with van der Waals surface area (Å²) in [6.07, 6.45) is 1.88. The van der Waals surface area contributed by atoms with Gasteiger partial charge in [0.05, 0.1) is 25.7 Å². The summed E-state index contributed by atoms with van der Waals surface area (Å²) in [5.74, 6) is 1.25. The number of carbonyl (C=O) groups is 1. The molecule has 3 aromatic carbocycles. The highest BCUT2D eigenvalue weighted by molar-refractivity contribution is 7.99. The maximum absolute atomic E-state index is 13.2. The first-order valence-electron chi connectivity index (χ1n) is 11.0. The van der Waals surface area contributed by atoms with Crippen LogP contribution in [0.1, 0.15) is 0 Å². The molecule has 0 spiro atoms. The lowest BCUT2D eigenvalue weighted by molar-refractivity contribution is -0.113. The Labute approximate surface area is 210 Å². The van der Waals surface area contributed by atoms with Crippen molar-refractivity contribution in [3.05, 3.63) is 78.7 Å². The molecule has 2 N–H and O–H groups in total. The number of nitrogens with zero attached hydrogens (tertiary/aromatic N) is 3. The Morgan fingerprint density at radius 1 is 1.06 bits per heavy atom. The Hall–Kier alpha value is -4.31. The van der Waals surface area contributed by atoms with E-state index < -0.39 is 0 Å². The van der Waals surface area contributed by atoms with E-state index >= 15 is 0 Å². The number of rotatable bonds is 8. The van der Waals surface area contributed by atoms with Gasteiger partial charge < -0.3 is 19.8 Å². The minimum Gasteiger partial charge on any atom is -0.497 e. The molecule has 8 nitrogen and oxygen atoms in total. The molecule has 10 heteroatoms. The molecule has 5 aromatic rings. The first-order chi connectivity index (χ1) is 17.6. The summed E-state index contributed by atoms with van der Waals surface area (Å²) >= 11 is 1.23. The molecule has 0 aliphatic carbocycles. The summed E-state index contributed by atoms with van der Waals surface area (Å²) in [5.41, 5.74) is 3.00. The number of H-pyrrole nitrogens is 1. The van der Waals surface area contributed by atoms with Crippen molar-refractivity contribution in [2.45, 2.75) is 5.16 Å². The van der Waals surface area contributed by atoms with Crippen LogP contribution in [-0.4, -0.2) is 45.6 Å². The van der Waals surface area contributed by atoms with Crippen LogP contribution in [0.25, 0.3) is 28.0 Å². The maximum Gasteiger partial charge on any atom is 0.234 e. The zero-order valence-electron chi connectivity index (χ0n) is 19.5. The standard InChI is InChI=1S/C26H22FN5O3S/c1-34-18-11-12-23(35-2)22(13-18)32-25(20-14-28-21-6-4-3-5-19(20)21)30-31-26(32)36-15-24(33)29-17-9-7-16(27)8-10-17/h3-14,28H,15H2,1-2H3,(H,29,33). The van der Waals surface area contributed by atoms with Crippen molar-refractivity contribution < 1.29 is 18.7 Å². The Morgan fingerprint density at radius 3 is 2.64 bits per heavy atom. The van der Waals surface area contributed by atoms with Crippen LogP contribution in [0.2, 0.25) is 0 Å². The molecule has 0 aliphatic heterocycles. The number of ether oxygens (including phenoxy) is 2. The molecule has 0 unspecified atom stereocenters. The van der Waals surface area contributed by atoms with E-state index in [4.69, 9.17) is 9.47 Å². The fourth-order valence-corrected chi connectivity index (χ4v) is 4.59. The highest BCUT2D eigenvalue weighted by Gasteiger charge is 2.22. The second kappa shape index (κ2) is 10.1. The number of methoxy groups -OCH3 is 2. The highest BCUT2D eigenvalue weighted by Crippen LogP contribution is 2.37. The lowest BCUT2D eigenvalue weighted by atomic mass is 10.1. The number of hydrogen-bond donors (Lipinski definition) is 2. The normalized spacial score (nSPS) is 11.0. The van der Waals surface area contributed by atoms with E-state index in [1.165, 1.54) is 36.0 Å². The van der Waals surface area contributed by atoms with Gasteiger partial charge in [-0.05, 0) is 42.5 Å². The van der Waals surface area contributed by atoms with Crippen LogP contribution in [0.5, 0.6) is 11.5 Å². The molecule has 1 amide bonds. The third kappa shape index (κ3) is 4.63. The predicted octanol–water partition coefficient (Wildman–Crippen LogP) is 5.30. The van der Waals surface area contributed by atoms with Crippen molar-refractivity contribution in [1.82, 2.24) is 19.7 Å². The smallest absolute Gasteiger partial charge is 0.234 e. The number of amides is 1. The molecular formula is C26H22FN5O3S. The molecule has 36 heavy (non-hydrogen) atoms. The van der Waals surface area contributed by atoms with Gasteiger partial charge in [0.1, 0.15) is 17.3 Å². The summed E-state index contributed by atoms with van der Waals surface area (Å²) in [7, 11) is 3.18. The molecule has 5 rings (SSSR count). The van der Waals surface area contributed by atoms with Crippen LogP contribution in [-0.2, 0) is 4.79 Å². The van der Waals surface area contributed by atoms with E-state index in [2.05, 4.69) is 20.5 Å². The molecule has 0 atom stereocenters. The molecule has 0 bridgehead atoms. The number of aromatic nitrogens is 4. The number of nitrogens with one attached hydrogen (secondary N) is 2. The van der Waals surface area contributed by atoms with E-state index in [1.54, 1.807) is 20.3 Å². The van der Waals surface area contributed by atoms with Gasteiger partial charge in [0, 0.05) is 34.4 Å². The maximum atomic E-state index is 13.2. The highest BCUT2D eigenvalue weighted by atomic mass is 32.2. The second-order valence-electron chi connectivity index (χ2n) is 7.77. The average Bonchev–Trinajstić information content (AvgIpc) is 3.52. The van der Waals surface area contributed by atoms with Gasteiger partial charge in [-0.15, -0.1) is 10.2 Å². The summed E-state index contributed by atoms with van der Waals surface area (Å²) in [6.45, 7) is 0. The Morgan fingerprint density at radius 2 is 1.86 bits per heavy atom. The molecule has 0 saturated carbocycles. The van der Waals surface area contributed by atoms with Crippen molar-refractivity contribution in [3.63, 3.8) is 0 Å². The lowest BCUT2D eigenvalue weighted by Crippen LogP contribution is -2.14. The number of halogens is 1. The van der Waals surface area contributed by atoms with Gasteiger partial charge in [0.15, 0.2) is 11.0 Å². The topological polar surface area (TPSA) is 94.1 Å². The Bertz CT molecular complexity index is 1530. The molecule has 182 valence electrons. The van der Waals surface area contributed by atoms with Crippen LogP contribution < -0.4 is 14.8 Å². The summed E-state index contributed by atoms with van der Waals surface area (Å²) < 4.78 is 26.1. The van der Waals surface area contributed by atoms with E-state index in [0.717, 1.165) is 16.5 Å². The van der Waals surface area contributed by atoms with Gasteiger partial charge in [-0.25, -0.2) is 4.39 Å². The SMILES string of the molecule is COc1ccc(OC)c(-n2c(SCC(=O)Nc3ccc(F)cc3)nnc2-c2c[nH]c3ccccc23)c1. The average molecular weight is 504 g/mol. The zero-order valence-corrected chi connectivity index (χ0v) is 20.3. The van der Waals surface area contributed by atoms with Gasteiger partial charge in [-0.1, -0.05) is 30.0 Å². The number of aromatic amines is 1. The van der Waals surface area contributed by atoms with Crippen molar-refractivity contribution in [2.24, 2.45) is 0 Å². The summed E-state index contributed by atoms with van der Waals surface area (Å²) in [4.78, 5) is 15.9. The van der Waals surface area contributed by atoms with Crippen molar-refractivity contribution in [2.75, 3.05) is 25.3 Å². The van der Waals surface area contributed by atoms with E-state index in [-0.39, 0.29) is 17.5 Å². The van der Waals surface area contributed by atoms with Crippen molar-refractivity contribution in [3.8, 4) is 28.6 Å². The number of benzene rings is 3. The fourth-order valence-electron chi connectivity index (χ4n) is 3.84. The van der Waals surface area contributed by atoms with Gasteiger partial charge >= 0.3 is 0 Å².